The number of aryl methyl sites for hydroxylation is 2. The largest absolute Gasteiger partial charge is 0.477 e. The zero-order valence-corrected chi connectivity index (χ0v) is 16.7. The highest BCUT2D eigenvalue weighted by atomic mass is 19.1. The maximum absolute atomic E-state index is 15.3. The molecule has 0 saturated heterocycles. The number of aromatic carboxylic acids is 1. The van der Waals surface area contributed by atoms with Gasteiger partial charge >= 0.3 is 5.97 Å². The molecule has 0 unspecified atom stereocenters. The number of aromatic amines is 1. The van der Waals surface area contributed by atoms with Crippen molar-refractivity contribution in [1.29, 1.82) is 0 Å². The minimum atomic E-state index is -1.28. The predicted molar refractivity (Wildman–Crippen MR) is 107 cm³/mol. The number of carboxylic acid groups (broad SMARTS) is 1. The van der Waals surface area contributed by atoms with Gasteiger partial charge in [-0.2, -0.15) is 0 Å². The highest BCUT2D eigenvalue weighted by Gasteiger charge is 2.20. The second-order valence-electron chi connectivity index (χ2n) is 7.30. The van der Waals surface area contributed by atoms with Crippen LogP contribution in [0.5, 0.6) is 0 Å². The smallest absolute Gasteiger partial charge is 0.341 e. The normalized spacial score (nSPS) is 11.5. The van der Waals surface area contributed by atoms with E-state index in [2.05, 4.69) is 4.98 Å². The number of aromatic nitrogens is 2. The van der Waals surface area contributed by atoms with E-state index in [9.17, 15) is 14.7 Å². The number of carbonyl (C=O) groups is 1. The van der Waals surface area contributed by atoms with Gasteiger partial charge in [-0.15, -0.1) is 0 Å². The molecule has 0 aliphatic rings. The second kappa shape index (κ2) is 7.24. The van der Waals surface area contributed by atoms with E-state index in [-0.39, 0.29) is 11.4 Å². The number of fused-ring (bicyclic) bond motifs is 1. The van der Waals surface area contributed by atoms with Gasteiger partial charge in [-0.1, -0.05) is 6.92 Å². The van der Waals surface area contributed by atoms with Crippen molar-refractivity contribution >= 4 is 16.9 Å². The van der Waals surface area contributed by atoms with Gasteiger partial charge in [0, 0.05) is 30.2 Å². The Bertz CT molecular complexity index is 1140. The van der Waals surface area contributed by atoms with Gasteiger partial charge in [0.15, 0.2) is 5.82 Å². The molecule has 148 valence electrons. The van der Waals surface area contributed by atoms with E-state index in [0.717, 1.165) is 11.1 Å². The van der Waals surface area contributed by atoms with Crippen molar-refractivity contribution in [2.75, 3.05) is 14.1 Å². The molecular formula is C21H24FN3O3. The molecule has 0 amide bonds. The van der Waals surface area contributed by atoms with Crippen LogP contribution in [0.15, 0.2) is 23.0 Å². The van der Waals surface area contributed by atoms with Gasteiger partial charge < -0.3 is 19.6 Å². The first-order valence-corrected chi connectivity index (χ1v) is 9.07. The van der Waals surface area contributed by atoms with Crippen molar-refractivity contribution in [2.24, 2.45) is 7.05 Å². The van der Waals surface area contributed by atoms with Crippen LogP contribution in [0.4, 0.5) is 4.39 Å². The SMILES string of the molecule is CCc1cc(C(=O)O)c(=O)[nH]c1-c1cc2cc(CN(C)C)n(C)c2c(F)c1C. The fourth-order valence-electron chi connectivity index (χ4n) is 3.61. The molecule has 28 heavy (non-hydrogen) atoms. The van der Waals surface area contributed by atoms with Gasteiger partial charge in [0.1, 0.15) is 5.56 Å². The van der Waals surface area contributed by atoms with Gasteiger partial charge in [-0.25, -0.2) is 9.18 Å². The molecule has 0 fully saturated rings. The van der Waals surface area contributed by atoms with Crippen molar-refractivity contribution in [1.82, 2.24) is 14.5 Å². The number of nitrogens with one attached hydrogen (secondary N) is 1. The summed E-state index contributed by atoms with van der Waals surface area (Å²) in [5, 5.41) is 9.94. The van der Waals surface area contributed by atoms with E-state index in [1.807, 2.05) is 49.7 Å². The summed E-state index contributed by atoms with van der Waals surface area (Å²) in [5.74, 6) is -1.62. The van der Waals surface area contributed by atoms with E-state index in [1.165, 1.54) is 6.07 Å². The third kappa shape index (κ3) is 3.22. The average molecular weight is 385 g/mol. The van der Waals surface area contributed by atoms with Crippen molar-refractivity contribution in [2.45, 2.75) is 26.8 Å². The first kappa shape index (κ1) is 19.8. The summed E-state index contributed by atoms with van der Waals surface area (Å²) < 4.78 is 17.1. The maximum atomic E-state index is 15.3. The molecule has 1 aromatic carbocycles. The molecule has 2 aromatic heterocycles. The number of halogens is 1. The van der Waals surface area contributed by atoms with Crippen LogP contribution in [0, 0.1) is 12.7 Å². The summed E-state index contributed by atoms with van der Waals surface area (Å²) in [5.41, 5.74) is 2.59. The molecule has 0 spiro atoms. The van der Waals surface area contributed by atoms with Crippen molar-refractivity contribution in [3.63, 3.8) is 0 Å². The Balaban J connectivity index is 2.30. The first-order valence-electron chi connectivity index (χ1n) is 9.07. The second-order valence-corrected chi connectivity index (χ2v) is 7.30. The van der Waals surface area contributed by atoms with E-state index >= 15 is 4.39 Å². The molecule has 0 saturated carbocycles. The zero-order chi connectivity index (χ0) is 20.7. The molecule has 0 atom stereocenters. The lowest BCUT2D eigenvalue weighted by atomic mass is 9.96. The van der Waals surface area contributed by atoms with E-state index < -0.39 is 11.5 Å². The summed E-state index contributed by atoms with van der Waals surface area (Å²) in [6, 6.07) is 5.18. The number of hydrogen-bond acceptors (Lipinski definition) is 3. The fraction of sp³-hybridized carbons (Fsp3) is 0.333. The van der Waals surface area contributed by atoms with Crippen molar-refractivity contribution in [3.8, 4) is 11.3 Å². The molecule has 3 rings (SSSR count). The average Bonchev–Trinajstić information content (AvgIpc) is 2.92. The van der Waals surface area contributed by atoms with Gasteiger partial charge in [0.2, 0.25) is 0 Å². The maximum Gasteiger partial charge on any atom is 0.341 e. The lowest BCUT2D eigenvalue weighted by Crippen LogP contribution is -2.19. The molecule has 0 bridgehead atoms. The number of H-pyrrole nitrogens is 1. The van der Waals surface area contributed by atoms with Crippen molar-refractivity contribution < 1.29 is 14.3 Å². The highest BCUT2D eigenvalue weighted by Crippen LogP contribution is 2.33. The summed E-state index contributed by atoms with van der Waals surface area (Å²) in [6.45, 7) is 4.21. The minimum absolute atomic E-state index is 0.312. The number of pyridine rings is 1. The summed E-state index contributed by atoms with van der Waals surface area (Å²) in [6.07, 6.45) is 0.506. The van der Waals surface area contributed by atoms with Gasteiger partial charge in [-0.3, -0.25) is 4.79 Å². The molecular weight excluding hydrogens is 361 g/mol. The number of hydrogen-bond donors (Lipinski definition) is 2. The molecule has 2 N–H and O–H groups in total. The Morgan fingerprint density at radius 2 is 1.96 bits per heavy atom. The van der Waals surface area contributed by atoms with E-state index in [1.54, 1.807) is 6.92 Å². The molecule has 0 radical (unpaired) electrons. The van der Waals surface area contributed by atoms with Crippen LogP contribution >= 0.6 is 0 Å². The Morgan fingerprint density at radius 3 is 2.54 bits per heavy atom. The summed E-state index contributed by atoms with van der Waals surface area (Å²) in [4.78, 5) is 28.2. The molecule has 6 nitrogen and oxygen atoms in total. The van der Waals surface area contributed by atoms with E-state index in [4.69, 9.17) is 0 Å². The zero-order valence-electron chi connectivity index (χ0n) is 16.7. The first-order chi connectivity index (χ1) is 13.1. The molecule has 3 aromatic rings. The van der Waals surface area contributed by atoms with Crippen LogP contribution in [0.25, 0.3) is 22.2 Å². The lowest BCUT2D eigenvalue weighted by molar-refractivity contribution is 0.0695. The van der Waals surface area contributed by atoms with Crippen LogP contribution in [-0.2, 0) is 20.0 Å². The molecule has 7 heteroatoms. The van der Waals surface area contributed by atoms with Crippen LogP contribution in [0.2, 0.25) is 0 Å². The summed E-state index contributed by atoms with van der Waals surface area (Å²) >= 11 is 0. The number of nitrogens with zero attached hydrogens (tertiary/aromatic N) is 2. The van der Waals surface area contributed by atoms with Gasteiger partial charge in [0.25, 0.3) is 5.56 Å². The quantitative estimate of drug-likeness (QED) is 0.706. The van der Waals surface area contributed by atoms with Crippen LogP contribution in [0.1, 0.15) is 34.1 Å². The van der Waals surface area contributed by atoms with Crippen LogP contribution in [-0.4, -0.2) is 39.6 Å². The van der Waals surface area contributed by atoms with Crippen LogP contribution < -0.4 is 5.56 Å². The highest BCUT2D eigenvalue weighted by molar-refractivity contribution is 5.90. The third-order valence-electron chi connectivity index (χ3n) is 5.08. The monoisotopic (exact) mass is 385 g/mol. The topological polar surface area (TPSA) is 78.3 Å². The Labute approximate surface area is 162 Å². The van der Waals surface area contributed by atoms with Gasteiger partial charge in [0.05, 0.1) is 11.2 Å². The molecule has 0 aliphatic heterocycles. The Kier molecular flexibility index (Phi) is 5.12. The van der Waals surface area contributed by atoms with E-state index in [0.29, 0.717) is 40.9 Å². The summed E-state index contributed by atoms with van der Waals surface area (Å²) in [7, 11) is 5.74. The third-order valence-corrected chi connectivity index (χ3v) is 5.08. The Hall–Kier alpha value is -2.93. The lowest BCUT2D eigenvalue weighted by Gasteiger charge is -2.14. The molecule has 2 heterocycles. The number of carboxylic acids is 1. The standard InChI is InChI=1S/C21H24FN3O3/c1-6-12-8-16(21(27)28)20(26)23-18(12)15-9-13-7-14(10-24(3)4)25(5)19(13)17(22)11(15)2/h7-9H,6,10H2,1-5H3,(H,23,26)(H,27,28). The number of rotatable bonds is 5. The number of benzene rings is 1. The minimum Gasteiger partial charge on any atom is -0.477 e. The molecule has 0 aliphatic carbocycles. The Morgan fingerprint density at radius 1 is 1.29 bits per heavy atom. The van der Waals surface area contributed by atoms with Crippen LogP contribution in [0.3, 0.4) is 0 Å². The van der Waals surface area contributed by atoms with Crippen molar-refractivity contribution in [3.05, 3.63) is 56.8 Å². The predicted octanol–water partition coefficient (Wildman–Crippen LogP) is 3.30. The fourth-order valence-corrected chi connectivity index (χ4v) is 3.61. The van der Waals surface area contributed by atoms with Gasteiger partial charge in [-0.05, 0) is 56.8 Å².